The number of hydrogen-bond donors (Lipinski definition) is 1. The molecule has 3 nitrogen and oxygen atoms in total. The first-order valence-corrected chi connectivity index (χ1v) is 8.03. The monoisotopic (exact) mass is 392 g/mol. The number of methoxy groups -OCH3 is 1. The lowest BCUT2D eigenvalue weighted by Crippen LogP contribution is -2.42. The van der Waals surface area contributed by atoms with Gasteiger partial charge in [-0.25, -0.2) is 0 Å². The zero-order chi connectivity index (χ0) is 14.4. The number of ether oxygens (including phenoxy) is 1. The average molecular weight is 394 g/mol. The van der Waals surface area contributed by atoms with Crippen LogP contribution in [-0.2, 0) is 4.74 Å². The van der Waals surface area contributed by atoms with Crippen LogP contribution in [0.5, 0.6) is 0 Å². The van der Waals surface area contributed by atoms with Gasteiger partial charge in [-0.2, -0.15) is 0 Å². The predicted octanol–water partition coefficient (Wildman–Crippen LogP) is 3.57. The van der Waals surface area contributed by atoms with E-state index in [1.54, 1.807) is 7.11 Å². The van der Waals surface area contributed by atoms with Crippen molar-refractivity contribution >= 4 is 31.9 Å². The molecule has 1 aromatic rings. The van der Waals surface area contributed by atoms with Gasteiger partial charge in [0.25, 0.3) is 0 Å². The first-order chi connectivity index (χ1) is 9.04. The van der Waals surface area contributed by atoms with Crippen LogP contribution >= 0.6 is 31.9 Å². The minimum Gasteiger partial charge on any atom is -0.383 e. The second kappa shape index (κ2) is 8.37. The maximum Gasteiger partial charge on any atom is 0.0615 e. The third-order valence-corrected chi connectivity index (χ3v) is 5.17. The summed E-state index contributed by atoms with van der Waals surface area (Å²) in [6, 6.07) is 6.85. The van der Waals surface area contributed by atoms with Crippen molar-refractivity contribution in [2.75, 3.05) is 26.8 Å². The lowest BCUT2D eigenvalue weighted by Gasteiger charge is -2.35. The first kappa shape index (κ1) is 17.1. The van der Waals surface area contributed by atoms with E-state index in [0.717, 1.165) is 15.5 Å². The molecule has 0 radical (unpaired) electrons. The van der Waals surface area contributed by atoms with E-state index >= 15 is 0 Å². The van der Waals surface area contributed by atoms with Crippen LogP contribution in [0.15, 0.2) is 27.1 Å². The maximum absolute atomic E-state index is 5.99. The van der Waals surface area contributed by atoms with Gasteiger partial charge in [-0.15, -0.1) is 0 Å². The van der Waals surface area contributed by atoms with Crippen LogP contribution in [0.3, 0.4) is 0 Å². The fourth-order valence-corrected chi connectivity index (χ4v) is 3.00. The standard InChI is InChI=1S/C14H22Br2N2O/c1-4-18(10(2)9-19-3)14(8-17)11-5-6-12(15)13(16)7-11/h5-7,10,14H,4,8-9,17H2,1-3H3. The van der Waals surface area contributed by atoms with Crippen LogP contribution in [0, 0.1) is 0 Å². The Hall–Kier alpha value is 0.0600. The number of hydrogen-bond acceptors (Lipinski definition) is 3. The van der Waals surface area contributed by atoms with E-state index in [4.69, 9.17) is 10.5 Å². The predicted molar refractivity (Wildman–Crippen MR) is 87.4 cm³/mol. The molecule has 0 bridgehead atoms. The third kappa shape index (κ3) is 4.53. The largest absolute Gasteiger partial charge is 0.383 e. The highest BCUT2D eigenvalue weighted by Gasteiger charge is 2.23. The summed E-state index contributed by atoms with van der Waals surface area (Å²) in [5, 5.41) is 0. The van der Waals surface area contributed by atoms with Gasteiger partial charge in [-0.05, 0) is 63.0 Å². The molecule has 2 N–H and O–H groups in total. The number of rotatable bonds is 7. The van der Waals surface area contributed by atoms with Gasteiger partial charge in [0.1, 0.15) is 0 Å². The molecule has 0 aliphatic rings. The molecule has 0 fully saturated rings. The molecule has 1 rings (SSSR count). The molecular formula is C14H22Br2N2O. The molecule has 0 heterocycles. The van der Waals surface area contributed by atoms with Crippen molar-refractivity contribution in [2.24, 2.45) is 5.73 Å². The lowest BCUT2D eigenvalue weighted by atomic mass is 10.0. The van der Waals surface area contributed by atoms with Gasteiger partial charge in [0.15, 0.2) is 0 Å². The van der Waals surface area contributed by atoms with Crippen LogP contribution in [0.1, 0.15) is 25.5 Å². The molecule has 2 unspecified atom stereocenters. The summed E-state index contributed by atoms with van der Waals surface area (Å²) in [5.41, 5.74) is 7.22. The summed E-state index contributed by atoms with van der Waals surface area (Å²) in [4.78, 5) is 2.37. The van der Waals surface area contributed by atoms with Crippen molar-refractivity contribution in [1.29, 1.82) is 0 Å². The highest BCUT2D eigenvalue weighted by Crippen LogP contribution is 2.29. The van der Waals surface area contributed by atoms with Crippen molar-refractivity contribution in [1.82, 2.24) is 4.90 Å². The highest BCUT2D eigenvalue weighted by atomic mass is 79.9. The van der Waals surface area contributed by atoms with E-state index in [1.165, 1.54) is 5.56 Å². The molecule has 0 spiro atoms. The van der Waals surface area contributed by atoms with E-state index in [9.17, 15) is 0 Å². The summed E-state index contributed by atoms with van der Waals surface area (Å²) in [6.07, 6.45) is 0. The van der Waals surface area contributed by atoms with E-state index in [1.807, 2.05) is 0 Å². The minimum absolute atomic E-state index is 0.208. The van der Waals surface area contributed by atoms with Gasteiger partial charge >= 0.3 is 0 Å². The molecule has 2 atom stereocenters. The summed E-state index contributed by atoms with van der Waals surface area (Å²) < 4.78 is 7.37. The molecule has 0 amide bonds. The minimum atomic E-state index is 0.208. The van der Waals surface area contributed by atoms with Crippen molar-refractivity contribution in [3.05, 3.63) is 32.7 Å². The van der Waals surface area contributed by atoms with E-state index in [-0.39, 0.29) is 6.04 Å². The van der Waals surface area contributed by atoms with Crippen molar-refractivity contribution in [2.45, 2.75) is 25.9 Å². The third-order valence-electron chi connectivity index (χ3n) is 3.29. The van der Waals surface area contributed by atoms with E-state index in [0.29, 0.717) is 19.2 Å². The Morgan fingerprint density at radius 1 is 1.32 bits per heavy atom. The fourth-order valence-electron chi connectivity index (χ4n) is 2.36. The van der Waals surface area contributed by atoms with Crippen LogP contribution < -0.4 is 5.73 Å². The van der Waals surface area contributed by atoms with Crippen LogP contribution in [0.2, 0.25) is 0 Å². The van der Waals surface area contributed by atoms with E-state index < -0.39 is 0 Å². The second-order valence-corrected chi connectivity index (χ2v) is 6.27. The van der Waals surface area contributed by atoms with Gasteiger partial charge in [-0.1, -0.05) is 13.0 Å². The van der Waals surface area contributed by atoms with Crippen molar-refractivity contribution < 1.29 is 4.74 Å². The number of benzene rings is 1. The number of halogens is 2. The van der Waals surface area contributed by atoms with Gasteiger partial charge in [0, 0.05) is 34.7 Å². The fraction of sp³-hybridized carbons (Fsp3) is 0.571. The molecule has 0 saturated heterocycles. The molecule has 108 valence electrons. The zero-order valence-electron chi connectivity index (χ0n) is 11.7. The molecule has 1 aromatic carbocycles. The Kier molecular flexibility index (Phi) is 7.54. The second-order valence-electron chi connectivity index (χ2n) is 4.56. The quantitative estimate of drug-likeness (QED) is 0.769. The van der Waals surface area contributed by atoms with Crippen LogP contribution in [-0.4, -0.2) is 37.7 Å². The van der Waals surface area contributed by atoms with Crippen molar-refractivity contribution in [3.63, 3.8) is 0 Å². The molecule has 0 saturated carbocycles. The molecule has 0 aromatic heterocycles. The molecular weight excluding hydrogens is 372 g/mol. The molecule has 19 heavy (non-hydrogen) atoms. The number of nitrogens with zero attached hydrogens (tertiary/aromatic N) is 1. The van der Waals surface area contributed by atoms with Gasteiger partial charge in [0.05, 0.1) is 6.61 Å². The number of likely N-dealkylation sites (N-methyl/N-ethyl adjacent to an activating group) is 1. The smallest absolute Gasteiger partial charge is 0.0615 e. The molecule has 0 aliphatic heterocycles. The Bertz CT molecular complexity index is 401. The summed E-state index contributed by atoms with van der Waals surface area (Å²) in [7, 11) is 1.73. The topological polar surface area (TPSA) is 38.5 Å². The summed E-state index contributed by atoms with van der Waals surface area (Å²) >= 11 is 7.05. The van der Waals surface area contributed by atoms with Gasteiger partial charge < -0.3 is 10.5 Å². The molecule has 5 heteroatoms. The summed E-state index contributed by atoms with van der Waals surface area (Å²) in [6.45, 7) is 6.57. The van der Waals surface area contributed by atoms with E-state index in [2.05, 4.69) is 68.8 Å². The van der Waals surface area contributed by atoms with Gasteiger partial charge in [-0.3, -0.25) is 4.90 Å². The highest BCUT2D eigenvalue weighted by molar-refractivity contribution is 9.13. The Morgan fingerprint density at radius 2 is 2.00 bits per heavy atom. The Morgan fingerprint density at radius 3 is 2.47 bits per heavy atom. The maximum atomic E-state index is 5.99. The lowest BCUT2D eigenvalue weighted by molar-refractivity contribution is 0.0751. The normalized spacial score (nSPS) is 14.7. The SMILES string of the molecule is CCN(C(C)COC)C(CN)c1ccc(Br)c(Br)c1. The Labute approximate surface area is 132 Å². The average Bonchev–Trinajstić information content (AvgIpc) is 2.39. The summed E-state index contributed by atoms with van der Waals surface area (Å²) in [5.74, 6) is 0. The van der Waals surface area contributed by atoms with Crippen molar-refractivity contribution in [3.8, 4) is 0 Å². The van der Waals surface area contributed by atoms with Crippen LogP contribution in [0.25, 0.3) is 0 Å². The van der Waals surface area contributed by atoms with Gasteiger partial charge in [0.2, 0.25) is 0 Å². The first-order valence-electron chi connectivity index (χ1n) is 6.44. The molecule has 0 aliphatic carbocycles. The Balaban J connectivity index is 2.99. The van der Waals surface area contributed by atoms with Crippen LogP contribution in [0.4, 0.5) is 0 Å². The number of nitrogens with two attached hydrogens (primary N) is 1. The zero-order valence-corrected chi connectivity index (χ0v) is 14.9.